The molecule has 0 amide bonds. The van der Waals surface area contributed by atoms with Gasteiger partial charge in [0, 0.05) is 5.28 Å². The van der Waals surface area contributed by atoms with Gasteiger partial charge in [0.2, 0.25) is 0 Å². The van der Waals surface area contributed by atoms with Crippen molar-refractivity contribution < 1.29 is 14.8 Å². The van der Waals surface area contributed by atoms with Crippen LogP contribution in [0, 0.1) is 0 Å². The van der Waals surface area contributed by atoms with Crippen LogP contribution in [-0.4, -0.2) is 11.1 Å². The molecule has 0 heterocycles. The van der Waals surface area contributed by atoms with Crippen molar-refractivity contribution >= 4 is 11.7 Å². The quantitative estimate of drug-likeness (QED) is 0.542. The fourth-order valence-electron chi connectivity index (χ4n) is 0.809. The Morgan fingerprint density at radius 1 is 1.46 bits per heavy atom. The average Bonchev–Trinajstić information content (AvgIpc) is 2.15. The molecule has 0 aliphatic carbocycles. The summed E-state index contributed by atoms with van der Waals surface area (Å²) in [4.78, 5) is 14.5. The lowest BCUT2D eigenvalue weighted by Crippen LogP contribution is -1.95. The Balaban J connectivity index is 3.05. The van der Waals surface area contributed by atoms with Crippen molar-refractivity contribution in [3.8, 4) is 0 Å². The van der Waals surface area contributed by atoms with Crippen molar-refractivity contribution in [1.82, 2.24) is 0 Å². The number of carboxylic acids is 1. The SMILES string of the molecule is NON=Nc1ccccc1C(=O)O. The first-order chi connectivity index (χ1) is 6.25. The third-order valence-corrected chi connectivity index (χ3v) is 1.33. The highest BCUT2D eigenvalue weighted by atomic mass is 16.8. The lowest BCUT2D eigenvalue weighted by molar-refractivity contribution is 0.0697. The van der Waals surface area contributed by atoms with Crippen LogP contribution in [0.3, 0.4) is 0 Å². The van der Waals surface area contributed by atoms with Crippen molar-refractivity contribution in [3.05, 3.63) is 29.8 Å². The predicted octanol–water partition coefficient (Wildman–Crippen LogP) is 1.27. The Kier molecular flexibility index (Phi) is 2.93. The molecule has 1 aromatic carbocycles. The second-order valence-corrected chi connectivity index (χ2v) is 2.11. The van der Waals surface area contributed by atoms with Gasteiger partial charge in [0.05, 0.1) is 5.56 Å². The number of hydrogen-bond acceptors (Lipinski definition) is 5. The van der Waals surface area contributed by atoms with Gasteiger partial charge in [0.1, 0.15) is 5.69 Å². The Labute approximate surface area is 73.6 Å². The summed E-state index contributed by atoms with van der Waals surface area (Å²) in [6.07, 6.45) is 0. The van der Waals surface area contributed by atoms with Gasteiger partial charge in [-0.2, -0.15) is 0 Å². The zero-order chi connectivity index (χ0) is 9.68. The van der Waals surface area contributed by atoms with E-state index in [9.17, 15) is 4.79 Å². The highest BCUT2D eigenvalue weighted by Crippen LogP contribution is 2.18. The molecular weight excluding hydrogens is 174 g/mol. The van der Waals surface area contributed by atoms with E-state index in [0.29, 0.717) is 0 Å². The molecule has 1 aromatic rings. The molecule has 0 unspecified atom stereocenters. The Morgan fingerprint density at radius 2 is 2.15 bits per heavy atom. The molecule has 6 nitrogen and oxygen atoms in total. The monoisotopic (exact) mass is 181 g/mol. The van der Waals surface area contributed by atoms with Crippen LogP contribution in [-0.2, 0) is 4.94 Å². The molecule has 0 atom stereocenters. The van der Waals surface area contributed by atoms with E-state index < -0.39 is 5.97 Å². The molecular formula is C7H7N3O3. The van der Waals surface area contributed by atoms with Gasteiger partial charge in [-0.05, 0) is 12.1 Å². The van der Waals surface area contributed by atoms with E-state index in [-0.39, 0.29) is 11.3 Å². The van der Waals surface area contributed by atoms with Crippen molar-refractivity contribution in [3.63, 3.8) is 0 Å². The van der Waals surface area contributed by atoms with E-state index in [0.717, 1.165) is 0 Å². The summed E-state index contributed by atoms with van der Waals surface area (Å²) in [7, 11) is 0. The van der Waals surface area contributed by atoms with Gasteiger partial charge >= 0.3 is 5.97 Å². The molecule has 0 fully saturated rings. The fourth-order valence-corrected chi connectivity index (χ4v) is 0.809. The number of nitrogens with two attached hydrogens (primary N) is 1. The van der Waals surface area contributed by atoms with Crippen LogP contribution in [0.25, 0.3) is 0 Å². The minimum Gasteiger partial charge on any atom is -0.478 e. The molecule has 3 N–H and O–H groups in total. The minimum atomic E-state index is -1.08. The van der Waals surface area contributed by atoms with Gasteiger partial charge in [-0.3, -0.25) is 4.94 Å². The molecule has 0 spiro atoms. The number of carbonyl (C=O) groups is 1. The highest BCUT2D eigenvalue weighted by molar-refractivity contribution is 5.93. The second kappa shape index (κ2) is 4.17. The van der Waals surface area contributed by atoms with E-state index in [1.165, 1.54) is 12.1 Å². The minimum absolute atomic E-state index is 0.0447. The summed E-state index contributed by atoms with van der Waals surface area (Å²) >= 11 is 0. The van der Waals surface area contributed by atoms with Crippen LogP contribution >= 0.6 is 0 Å². The fraction of sp³-hybridized carbons (Fsp3) is 0. The molecule has 6 heteroatoms. The molecule has 0 radical (unpaired) electrons. The van der Waals surface area contributed by atoms with E-state index in [1.807, 2.05) is 0 Å². The largest absolute Gasteiger partial charge is 0.478 e. The number of aromatic carboxylic acids is 1. The predicted molar refractivity (Wildman–Crippen MR) is 43.2 cm³/mol. The van der Waals surface area contributed by atoms with E-state index in [4.69, 9.17) is 5.11 Å². The zero-order valence-electron chi connectivity index (χ0n) is 6.54. The molecule has 0 saturated carbocycles. The van der Waals surface area contributed by atoms with Gasteiger partial charge in [-0.25, -0.2) is 4.79 Å². The van der Waals surface area contributed by atoms with E-state index in [2.05, 4.69) is 21.2 Å². The summed E-state index contributed by atoms with van der Waals surface area (Å²) in [5.41, 5.74) is 0.240. The van der Waals surface area contributed by atoms with Gasteiger partial charge in [-0.15, -0.1) is 11.0 Å². The van der Waals surface area contributed by atoms with Crippen molar-refractivity contribution in [2.45, 2.75) is 0 Å². The van der Waals surface area contributed by atoms with Crippen LogP contribution < -0.4 is 5.90 Å². The first-order valence-corrected chi connectivity index (χ1v) is 3.35. The van der Waals surface area contributed by atoms with Crippen LogP contribution in [0.2, 0.25) is 0 Å². The molecule has 1 rings (SSSR count). The Hall–Kier alpha value is -1.95. The summed E-state index contributed by atoms with van der Waals surface area (Å²) in [6.45, 7) is 0. The number of benzene rings is 1. The van der Waals surface area contributed by atoms with Crippen LogP contribution in [0.5, 0.6) is 0 Å². The van der Waals surface area contributed by atoms with E-state index in [1.54, 1.807) is 12.1 Å². The standard InChI is InChI=1S/C7H7N3O3/c8-13-10-9-6-4-2-1-3-5(6)7(11)12/h1-4H,8H2,(H,11,12). The van der Waals surface area contributed by atoms with Gasteiger partial charge in [-0.1, -0.05) is 12.1 Å². The molecule has 13 heavy (non-hydrogen) atoms. The number of rotatable bonds is 3. The average molecular weight is 181 g/mol. The lowest BCUT2D eigenvalue weighted by atomic mass is 10.2. The number of carboxylic acid groups (broad SMARTS) is 1. The Morgan fingerprint density at radius 3 is 2.77 bits per heavy atom. The van der Waals surface area contributed by atoms with E-state index >= 15 is 0 Å². The first-order valence-electron chi connectivity index (χ1n) is 3.35. The third kappa shape index (κ3) is 2.24. The second-order valence-electron chi connectivity index (χ2n) is 2.11. The summed E-state index contributed by atoms with van der Waals surface area (Å²) < 4.78 is 0. The number of hydrogen-bond donors (Lipinski definition) is 2. The smallest absolute Gasteiger partial charge is 0.337 e. The molecule has 68 valence electrons. The summed E-state index contributed by atoms with van der Waals surface area (Å²) in [5.74, 6) is 3.52. The lowest BCUT2D eigenvalue weighted by Gasteiger charge is -1.96. The Bertz CT molecular complexity index is 338. The maximum absolute atomic E-state index is 10.6. The normalized spacial score (nSPS) is 10.2. The summed E-state index contributed by atoms with van der Waals surface area (Å²) in [5, 5.41) is 15.2. The zero-order valence-corrected chi connectivity index (χ0v) is 6.54. The summed E-state index contributed by atoms with van der Waals surface area (Å²) in [6, 6.07) is 6.13. The van der Waals surface area contributed by atoms with Crippen molar-refractivity contribution in [1.29, 1.82) is 0 Å². The maximum atomic E-state index is 10.6. The van der Waals surface area contributed by atoms with Gasteiger partial charge in [0.25, 0.3) is 0 Å². The number of nitrogens with zero attached hydrogens (tertiary/aromatic N) is 2. The topological polar surface area (TPSA) is 97.3 Å². The van der Waals surface area contributed by atoms with Crippen molar-refractivity contribution in [2.75, 3.05) is 0 Å². The van der Waals surface area contributed by atoms with Crippen molar-refractivity contribution in [2.24, 2.45) is 16.3 Å². The molecule has 0 saturated heterocycles. The molecule has 0 aliphatic rings. The molecule has 0 aromatic heterocycles. The van der Waals surface area contributed by atoms with Gasteiger partial charge < -0.3 is 5.11 Å². The molecule has 0 aliphatic heterocycles. The third-order valence-electron chi connectivity index (χ3n) is 1.33. The highest BCUT2D eigenvalue weighted by Gasteiger charge is 2.07. The van der Waals surface area contributed by atoms with Crippen LogP contribution in [0.1, 0.15) is 10.4 Å². The van der Waals surface area contributed by atoms with Gasteiger partial charge in [0.15, 0.2) is 0 Å². The molecule has 0 bridgehead atoms. The van der Waals surface area contributed by atoms with Crippen LogP contribution in [0.4, 0.5) is 5.69 Å². The maximum Gasteiger partial charge on any atom is 0.337 e. The first kappa shape index (κ1) is 9.14. The van der Waals surface area contributed by atoms with Crippen LogP contribution in [0.15, 0.2) is 34.7 Å².